The van der Waals surface area contributed by atoms with Gasteiger partial charge in [0.1, 0.15) is 5.60 Å². The SMILES string of the molecule is CC(C)(C)OC(=O)NC[C@H]1CCCCN1C(=O)Nc1cccnc1. The summed E-state index contributed by atoms with van der Waals surface area (Å²) in [6.45, 7) is 6.52. The topological polar surface area (TPSA) is 83.6 Å². The molecule has 1 aliphatic rings. The molecule has 0 bridgehead atoms. The van der Waals surface area contributed by atoms with Crippen LogP contribution in [0, 0.1) is 0 Å². The minimum Gasteiger partial charge on any atom is -0.444 e. The molecule has 2 N–H and O–H groups in total. The number of amides is 3. The number of carbonyl (C=O) groups is 2. The van der Waals surface area contributed by atoms with Gasteiger partial charge in [-0.15, -0.1) is 0 Å². The van der Waals surface area contributed by atoms with Crippen molar-refractivity contribution >= 4 is 17.8 Å². The van der Waals surface area contributed by atoms with Gasteiger partial charge in [-0.2, -0.15) is 0 Å². The number of hydrogen-bond donors (Lipinski definition) is 2. The minimum absolute atomic E-state index is 0.0389. The molecule has 1 saturated heterocycles. The summed E-state index contributed by atoms with van der Waals surface area (Å²) >= 11 is 0. The Labute approximate surface area is 142 Å². The van der Waals surface area contributed by atoms with Crippen LogP contribution in [0.25, 0.3) is 0 Å². The fourth-order valence-corrected chi connectivity index (χ4v) is 2.63. The Morgan fingerprint density at radius 3 is 2.83 bits per heavy atom. The fourth-order valence-electron chi connectivity index (χ4n) is 2.63. The van der Waals surface area contributed by atoms with E-state index in [0.717, 1.165) is 19.3 Å². The number of aromatic nitrogens is 1. The molecule has 0 spiro atoms. The average molecular weight is 334 g/mol. The first-order valence-electron chi connectivity index (χ1n) is 8.29. The summed E-state index contributed by atoms with van der Waals surface area (Å²) < 4.78 is 5.24. The standard InChI is InChI=1S/C17H26N4O3/c1-17(2,3)24-16(23)19-12-14-8-4-5-10-21(14)15(22)20-13-7-6-9-18-11-13/h6-7,9,11,14H,4-5,8,10,12H2,1-3H3,(H,19,23)(H,20,22)/t14-/m1/s1. The minimum atomic E-state index is -0.534. The van der Waals surface area contributed by atoms with Crippen molar-refractivity contribution < 1.29 is 14.3 Å². The molecular formula is C17H26N4O3. The van der Waals surface area contributed by atoms with E-state index in [-0.39, 0.29) is 12.1 Å². The lowest BCUT2D eigenvalue weighted by atomic mass is 10.0. The first-order chi connectivity index (χ1) is 11.3. The number of rotatable bonds is 3. The number of nitrogens with one attached hydrogen (secondary N) is 2. The Hall–Kier alpha value is -2.31. The van der Waals surface area contributed by atoms with Crippen molar-refractivity contribution in [2.24, 2.45) is 0 Å². The summed E-state index contributed by atoms with van der Waals surface area (Å²) in [4.78, 5) is 30.1. The first kappa shape index (κ1) is 18.0. The van der Waals surface area contributed by atoms with Gasteiger partial charge in [0.05, 0.1) is 17.9 Å². The number of urea groups is 1. The molecule has 1 aromatic rings. The van der Waals surface area contributed by atoms with Crippen molar-refractivity contribution in [3.05, 3.63) is 24.5 Å². The summed E-state index contributed by atoms with van der Waals surface area (Å²) in [5.74, 6) is 0. The number of piperidine rings is 1. The lowest BCUT2D eigenvalue weighted by Gasteiger charge is -2.35. The van der Waals surface area contributed by atoms with Crippen LogP contribution in [-0.2, 0) is 4.74 Å². The van der Waals surface area contributed by atoms with E-state index in [1.54, 1.807) is 29.4 Å². The molecular weight excluding hydrogens is 308 g/mol. The number of hydrogen-bond acceptors (Lipinski definition) is 4. The number of likely N-dealkylation sites (tertiary alicyclic amines) is 1. The van der Waals surface area contributed by atoms with Gasteiger partial charge in [-0.1, -0.05) is 0 Å². The van der Waals surface area contributed by atoms with Gasteiger partial charge < -0.3 is 20.3 Å². The van der Waals surface area contributed by atoms with Crippen LogP contribution < -0.4 is 10.6 Å². The maximum atomic E-state index is 12.5. The highest BCUT2D eigenvalue weighted by atomic mass is 16.6. The predicted octanol–water partition coefficient (Wildman–Crippen LogP) is 2.99. The Morgan fingerprint density at radius 1 is 1.38 bits per heavy atom. The lowest BCUT2D eigenvalue weighted by molar-refractivity contribution is 0.0505. The molecule has 0 radical (unpaired) electrons. The number of carbonyl (C=O) groups excluding carboxylic acids is 2. The second kappa shape index (κ2) is 7.99. The van der Waals surface area contributed by atoms with Crippen LogP contribution in [-0.4, -0.2) is 46.7 Å². The number of nitrogens with zero attached hydrogens (tertiary/aromatic N) is 2. The van der Waals surface area contributed by atoms with Gasteiger partial charge in [-0.05, 0) is 52.2 Å². The van der Waals surface area contributed by atoms with Gasteiger partial charge in [-0.3, -0.25) is 4.98 Å². The number of pyridine rings is 1. The summed E-state index contributed by atoms with van der Waals surface area (Å²) in [5.41, 5.74) is 0.125. The van der Waals surface area contributed by atoms with Gasteiger partial charge >= 0.3 is 12.1 Å². The molecule has 24 heavy (non-hydrogen) atoms. The molecule has 1 atom stereocenters. The van der Waals surface area contributed by atoms with E-state index in [4.69, 9.17) is 4.74 Å². The van der Waals surface area contributed by atoms with Crippen LogP contribution in [0.1, 0.15) is 40.0 Å². The van der Waals surface area contributed by atoms with Crippen LogP contribution in [0.4, 0.5) is 15.3 Å². The number of alkyl carbamates (subject to hydrolysis) is 1. The highest BCUT2D eigenvalue weighted by Gasteiger charge is 2.27. The monoisotopic (exact) mass is 334 g/mol. The molecule has 0 aliphatic carbocycles. The summed E-state index contributed by atoms with van der Waals surface area (Å²) in [6.07, 6.45) is 5.66. The van der Waals surface area contributed by atoms with E-state index in [1.165, 1.54) is 0 Å². The second-order valence-corrected chi connectivity index (χ2v) is 6.90. The molecule has 0 aromatic carbocycles. The highest BCUT2D eigenvalue weighted by Crippen LogP contribution is 2.18. The van der Waals surface area contributed by atoms with Crippen LogP contribution in [0.15, 0.2) is 24.5 Å². The third-order valence-corrected chi connectivity index (χ3v) is 3.68. The molecule has 132 valence electrons. The van der Waals surface area contributed by atoms with Crippen molar-refractivity contribution in [2.75, 3.05) is 18.4 Å². The Bertz CT molecular complexity index is 557. The lowest BCUT2D eigenvalue weighted by Crippen LogP contribution is -2.51. The average Bonchev–Trinajstić information content (AvgIpc) is 2.52. The van der Waals surface area contributed by atoms with Crippen LogP contribution in [0.5, 0.6) is 0 Å². The maximum Gasteiger partial charge on any atom is 0.407 e. The molecule has 3 amide bonds. The fraction of sp³-hybridized carbons (Fsp3) is 0.588. The summed E-state index contributed by atoms with van der Waals surface area (Å²) in [6, 6.07) is 3.36. The second-order valence-electron chi connectivity index (χ2n) is 6.90. The zero-order valence-corrected chi connectivity index (χ0v) is 14.5. The van der Waals surface area contributed by atoms with Crippen molar-refractivity contribution in [2.45, 2.75) is 51.7 Å². The molecule has 2 rings (SSSR count). The van der Waals surface area contributed by atoms with E-state index in [9.17, 15) is 9.59 Å². The molecule has 1 fully saturated rings. The number of anilines is 1. The quantitative estimate of drug-likeness (QED) is 0.890. The number of ether oxygens (including phenoxy) is 1. The molecule has 2 heterocycles. The molecule has 1 aromatic heterocycles. The van der Waals surface area contributed by atoms with Gasteiger partial charge in [0.25, 0.3) is 0 Å². The zero-order chi connectivity index (χ0) is 17.6. The van der Waals surface area contributed by atoms with Gasteiger partial charge in [-0.25, -0.2) is 9.59 Å². The molecule has 1 aliphatic heterocycles. The smallest absolute Gasteiger partial charge is 0.407 e. The summed E-state index contributed by atoms with van der Waals surface area (Å²) in [5, 5.41) is 5.61. The van der Waals surface area contributed by atoms with Crippen LogP contribution >= 0.6 is 0 Å². The van der Waals surface area contributed by atoms with Gasteiger partial charge in [0.15, 0.2) is 0 Å². The van der Waals surface area contributed by atoms with E-state index < -0.39 is 11.7 Å². The first-order valence-corrected chi connectivity index (χ1v) is 8.29. The Kier molecular flexibility index (Phi) is 6.00. The van der Waals surface area contributed by atoms with Gasteiger partial charge in [0.2, 0.25) is 0 Å². The van der Waals surface area contributed by atoms with Crippen molar-refractivity contribution in [3.63, 3.8) is 0 Å². The maximum absolute atomic E-state index is 12.5. The zero-order valence-electron chi connectivity index (χ0n) is 14.5. The van der Waals surface area contributed by atoms with Crippen LogP contribution in [0.3, 0.4) is 0 Å². The normalized spacial score (nSPS) is 18.0. The van der Waals surface area contributed by atoms with E-state index in [0.29, 0.717) is 18.8 Å². The van der Waals surface area contributed by atoms with E-state index >= 15 is 0 Å². The largest absolute Gasteiger partial charge is 0.444 e. The third-order valence-electron chi connectivity index (χ3n) is 3.68. The molecule has 7 nitrogen and oxygen atoms in total. The molecule has 0 saturated carbocycles. The van der Waals surface area contributed by atoms with Crippen LogP contribution in [0.2, 0.25) is 0 Å². The van der Waals surface area contributed by atoms with Crippen molar-refractivity contribution in [3.8, 4) is 0 Å². The van der Waals surface area contributed by atoms with Gasteiger partial charge in [0, 0.05) is 19.3 Å². The predicted molar refractivity (Wildman–Crippen MR) is 91.8 cm³/mol. The Morgan fingerprint density at radius 2 is 2.17 bits per heavy atom. The summed E-state index contributed by atoms with van der Waals surface area (Å²) in [7, 11) is 0. The van der Waals surface area contributed by atoms with E-state index in [2.05, 4.69) is 15.6 Å². The van der Waals surface area contributed by atoms with E-state index in [1.807, 2.05) is 20.8 Å². The van der Waals surface area contributed by atoms with Crippen molar-refractivity contribution in [1.29, 1.82) is 0 Å². The molecule has 7 heteroatoms. The molecule has 0 unspecified atom stereocenters. The third kappa shape index (κ3) is 5.72. The highest BCUT2D eigenvalue weighted by molar-refractivity contribution is 5.89. The van der Waals surface area contributed by atoms with Crippen molar-refractivity contribution in [1.82, 2.24) is 15.2 Å². The Balaban J connectivity index is 1.90.